The lowest BCUT2D eigenvalue weighted by Gasteiger charge is -2.14. The van der Waals surface area contributed by atoms with Crippen LogP contribution in [-0.4, -0.2) is 25.7 Å². The summed E-state index contributed by atoms with van der Waals surface area (Å²) in [6.45, 7) is 1.79. The molecule has 0 fully saturated rings. The minimum atomic E-state index is -0.430. The standard InChI is InChI=1S/C17H12BrClN6O/c1-10(24-17(26)12-4-13(18)6-14(19)5-12)16-22-9-23-25(16)15-3-2-11(7-20)8-21-15/h2-6,8-10H,1H3,(H,24,26)/t10-/m0/s1. The predicted octanol–water partition coefficient (Wildman–Crippen LogP) is 3.44. The highest BCUT2D eigenvalue weighted by Gasteiger charge is 2.18. The molecule has 130 valence electrons. The Bertz CT molecular complexity index is 975. The molecule has 7 nitrogen and oxygen atoms in total. The molecule has 1 aromatic carbocycles. The molecule has 0 radical (unpaired) electrons. The number of aromatic nitrogens is 4. The zero-order chi connectivity index (χ0) is 18.7. The Morgan fingerprint density at radius 3 is 2.81 bits per heavy atom. The molecule has 0 unspecified atom stereocenters. The first kappa shape index (κ1) is 18.0. The summed E-state index contributed by atoms with van der Waals surface area (Å²) >= 11 is 9.31. The highest BCUT2D eigenvalue weighted by atomic mass is 79.9. The summed E-state index contributed by atoms with van der Waals surface area (Å²) in [6, 6.07) is 9.86. The lowest BCUT2D eigenvalue weighted by Crippen LogP contribution is -2.28. The van der Waals surface area contributed by atoms with Gasteiger partial charge < -0.3 is 5.32 Å². The molecule has 0 saturated heterocycles. The molecule has 0 bridgehead atoms. The summed E-state index contributed by atoms with van der Waals surface area (Å²) in [7, 11) is 0. The summed E-state index contributed by atoms with van der Waals surface area (Å²) < 4.78 is 2.23. The topological polar surface area (TPSA) is 96.5 Å². The Labute approximate surface area is 162 Å². The third-order valence-electron chi connectivity index (χ3n) is 3.53. The van der Waals surface area contributed by atoms with Gasteiger partial charge in [-0.3, -0.25) is 4.79 Å². The molecule has 3 rings (SSSR count). The van der Waals surface area contributed by atoms with Crippen molar-refractivity contribution in [2.45, 2.75) is 13.0 Å². The molecule has 3 aromatic rings. The van der Waals surface area contributed by atoms with E-state index in [0.29, 0.717) is 32.3 Å². The van der Waals surface area contributed by atoms with Crippen LogP contribution in [0.25, 0.3) is 5.82 Å². The van der Waals surface area contributed by atoms with Gasteiger partial charge in [0.1, 0.15) is 12.4 Å². The number of nitrogens with zero attached hydrogens (tertiary/aromatic N) is 5. The first-order valence-corrected chi connectivity index (χ1v) is 8.68. The van der Waals surface area contributed by atoms with Crippen LogP contribution >= 0.6 is 27.5 Å². The number of benzene rings is 1. The van der Waals surface area contributed by atoms with Gasteiger partial charge in [-0.05, 0) is 37.3 Å². The lowest BCUT2D eigenvalue weighted by atomic mass is 10.2. The highest BCUT2D eigenvalue weighted by molar-refractivity contribution is 9.10. The van der Waals surface area contributed by atoms with E-state index >= 15 is 0 Å². The normalized spacial score (nSPS) is 11.6. The van der Waals surface area contributed by atoms with Crippen LogP contribution < -0.4 is 5.32 Å². The first-order chi connectivity index (χ1) is 12.5. The number of halogens is 2. The number of hydrogen-bond donors (Lipinski definition) is 1. The van der Waals surface area contributed by atoms with Gasteiger partial charge >= 0.3 is 0 Å². The average molecular weight is 432 g/mol. The number of carbonyl (C=O) groups excluding carboxylic acids is 1. The van der Waals surface area contributed by atoms with Gasteiger partial charge in [-0.15, -0.1) is 0 Å². The average Bonchev–Trinajstić information content (AvgIpc) is 3.10. The molecule has 1 amide bonds. The van der Waals surface area contributed by atoms with Gasteiger partial charge in [0.15, 0.2) is 11.6 Å². The van der Waals surface area contributed by atoms with E-state index in [2.05, 4.69) is 36.3 Å². The largest absolute Gasteiger partial charge is 0.342 e. The van der Waals surface area contributed by atoms with Crippen LogP contribution in [0, 0.1) is 11.3 Å². The van der Waals surface area contributed by atoms with Crippen molar-refractivity contribution in [3.63, 3.8) is 0 Å². The van der Waals surface area contributed by atoms with Crippen molar-refractivity contribution in [3.05, 3.63) is 69.3 Å². The van der Waals surface area contributed by atoms with E-state index < -0.39 is 6.04 Å². The summed E-state index contributed by atoms with van der Waals surface area (Å²) in [4.78, 5) is 20.9. The molecule has 2 aromatic heterocycles. The molecule has 0 saturated carbocycles. The predicted molar refractivity (Wildman–Crippen MR) is 98.9 cm³/mol. The number of carbonyl (C=O) groups is 1. The van der Waals surface area contributed by atoms with Crippen molar-refractivity contribution in [2.75, 3.05) is 0 Å². The number of hydrogen-bond acceptors (Lipinski definition) is 5. The van der Waals surface area contributed by atoms with Crippen molar-refractivity contribution in [1.82, 2.24) is 25.1 Å². The molecular weight excluding hydrogens is 420 g/mol. The fourth-order valence-electron chi connectivity index (χ4n) is 2.33. The first-order valence-electron chi connectivity index (χ1n) is 7.51. The quantitative estimate of drug-likeness (QED) is 0.682. The summed E-state index contributed by atoms with van der Waals surface area (Å²) in [5, 5.41) is 16.3. The molecule has 26 heavy (non-hydrogen) atoms. The molecule has 0 aliphatic heterocycles. The molecular formula is C17H12BrClN6O. The van der Waals surface area contributed by atoms with Gasteiger partial charge in [0.2, 0.25) is 0 Å². The van der Waals surface area contributed by atoms with Crippen LogP contribution in [0.5, 0.6) is 0 Å². The van der Waals surface area contributed by atoms with Gasteiger partial charge in [0.05, 0.1) is 11.6 Å². The van der Waals surface area contributed by atoms with Gasteiger partial charge in [0, 0.05) is 21.3 Å². The van der Waals surface area contributed by atoms with Crippen molar-refractivity contribution in [3.8, 4) is 11.9 Å². The van der Waals surface area contributed by atoms with Crippen molar-refractivity contribution >= 4 is 33.4 Å². The number of amides is 1. The maximum Gasteiger partial charge on any atom is 0.251 e. The minimum absolute atomic E-state index is 0.289. The Balaban J connectivity index is 1.82. The van der Waals surface area contributed by atoms with Crippen LogP contribution in [-0.2, 0) is 0 Å². The van der Waals surface area contributed by atoms with E-state index in [1.165, 1.54) is 17.2 Å². The Morgan fingerprint density at radius 1 is 1.35 bits per heavy atom. The highest BCUT2D eigenvalue weighted by Crippen LogP contribution is 2.20. The van der Waals surface area contributed by atoms with Gasteiger partial charge in [-0.25, -0.2) is 9.97 Å². The molecule has 1 N–H and O–H groups in total. The minimum Gasteiger partial charge on any atom is -0.342 e. The third-order valence-corrected chi connectivity index (χ3v) is 4.20. The molecule has 9 heteroatoms. The van der Waals surface area contributed by atoms with Crippen LogP contribution in [0.1, 0.15) is 34.7 Å². The zero-order valence-electron chi connectivity index (χ0n) is 13.5. The maximum atomic E-state index is 12.5. The van der Waals surface area contributed by atoms with Crippen molar-refractivity contribution in [1.29, 1.82) is 5.26 Å². The van der Waals surface area contributed by atoms with Crippen molar-refractivity contribution in [2.24, 2.45) is 0 Å². The second kappa shape index (κ2) is 7.64. The fourth-order valence-corrected chi connectivity index (χ4v) is 3.19. The summed E-state index contributed by atoms with van der Waals surface area (Å²) in [6.07, 6.45) is 2.83. The number of nitrogens with one attached hydrogen (secondary N) is 1. The van der Waals surface area contributed by atoms with E-state index in [9.17, 15) is 4.79 Å². The number of nitriles is 1. The summed E-state index contributed by atoms with van der Waals surface area (Å²) in [5.41, 5.74) is 0.877. The maximum absolute atomic E-state index is 12.5. The molecule has 2 heterocycles. The number of pyridine rings is 1. The van der Waals surface area contributed by atoms with Crippen molar-refractivity contribution < 1.29 is 4.79 Å². The van der Waals surface area contributed by atoms with E-state index in [4.69, 9.17) is 16.9 Å². The van der Waals surface area contributed by atoms with Gasteiger partial charge in [-0.2, -0.15) is 15.0 Å². The van der Waals surface area contributed by atoms with Crippen LogP contribution in [0.2, 0.25) is 5.02 Å². The third kappa shape index (κ3) is 3.90. The van der Waals surface area contributed by atoms with E-state index in [0.717, 1.165) is 0 Å². The SMILES string of the molecule is C[C@H](NC(=O)c1cc(Cl)cc(Br)c1)c1ncnn1-c1ccc(C#N)cn1. The van der Waals surface area contributed by atoms with Crippen LogP contribution in [0.4, 0.5) is 0 Å². The second-order valence-corrected chi connectivity index (χ2v) is 6.75. The van der Waals surface area contributed by atoms with Gasteiger partial charge in [-0.1, -0.05) is 27.5 Å². The molecule has 1 atom stereocenters. The fraction of sp³-hybridized carbons (Fsp3) is 0.118. The summed E-state index contributed by atoms with van der Waals surface area (Å²) in [5.74, 6) is 0.725. The van der Waals surface area contributed by atoms with Crippen LogP contribution in [0.15, 0.2) is 47.3 Å². The molecule has 0 spiro atoms. The Hall–Kier alpha value is -2.76. The van der Waals surface area contributed by atoms with Crippen LogP contribution in [0.3, 0.4) is 0 Å². The van der Waals surface area contributed by atoms with E-state index in [-0.39, 0.29) is 5.91 Å². The van der Waals surface area contributed by atoms with Gasteiger partial charge in [0.25, 0.3) is 5.91 Å². The molecule has 0 aliphatic carbocycles. The zero-order valence-corrected chi connectivity index (χ0v) is 15.9. The van der Waals surface area contributed by atoms with E-state index in [1.807, 2.05) is 6.07 Å². The Morgan fingerprint density at radius 2 is 2.15 bits per heavy atom. The lowest BCUT2D eigenvalue weighted by molar-refractivity contribution is 0.0938. The second-order valence-electron chi connectivity index (χ2n) is 5.40. The smallest absolute Gasteiger partial charge is 0.251 e. The number of rotatable bonds is 4. The monoisotopic (exact) mass is 430 g/mol. The van der Waals surface area contributed by atoms with E-state index in [1.54, 1.807) is 37.3 Å². The molecule has 0 aliphatic rings. The Kier molecular flexibility index (Phi) is 5.30.